The SMILES string of the molecule is O=C(c1ncc(-c2cc[n+]([O-])cc2)cn1)N1CCN(S(=O)(=O)c2cc3ccc(Cl)cc3s2)CC1. The topological polar surface area (TPSA) is 110 Å². The molecule has 0 bridgehead atoms. The molecule has 9 nitrogen and oxygen atoms in total. The van der Waals surface area contributed by atoms with Gasteiger partial charge in [-0.1, -0.05) is 17.7 Å². The number of sulfonamides is 1. The molecule has 0 radical (unpaired) electrons. The van der Waals surface area contributed by atoms with Crippen LogP contribution in [0.2, 0.25) is 5.02 Å². The molecule has 34 heavy (non-hydrogen) atoms. The monoisotopic (exact) mass is 515 g/mol. The second kappa shape index (κ2) is 8.91. The van der Waals surface area contributed by atoms with Crippen molar-refractivity contribution in [1.82, 2.24) is 19.2 Å². The van der Waals surface area contributed by atoms with Crippen LogP contribution >= 0.6 is 22.9 Å². The van der Waals surface area contributed by atoms with Gasteiger partial charge in [-0.25, -0.2) is 18.4 Å². The first-order valence-corrected chi connectivity index (χ1v) is 12.9. The fourth-order valence-electron chi connectivity index (χ4n) is 3.70. The lowest BCUT2D eigenvalue weighted by Gasteiger charge is -2.33. The number of rotatable bonds is 4. The number of thiophene rings is 1. The summed E-state index contributed by atoms with van der Waals surface area (Å²) in [6.07, 6.45) is 5.80. The molecule has 4 aromatic rings. The van der Waals surface area contributed by atoms with E-state index in [1.54, 1.807) is 41.3 Å². The van der Waals surface area contributed by atoms with E-state index in [0.717, 1.165) is 15.6 Å². The van der Waals surface area contributed by atoms with Gasteiger partial charge in [0.15, 0.2) is 12.4 Å². The van der Waals surface area contributed by atoms with Crippen molar-refractivity contribution in [1.29, 1.82) is 0 Å². The standard InChI is InChI=1S/C22H18ClN5O4S2/c23-18-2-1-16-11-20(33-19(16)12-18)34(31,32)28-9-7-26(8-10-28)22(29)21-24-13-17(14-25-21)15-3-5-27(30)6-4-15/h1-6,11-14H,7-10H2. The Balaban J connectivity index is 1.26. The fourth-order valence-corrected chi connectivity index (χ4v) is 6.95. The lowest BCUT2D eigenvalue weighted by molar-refractivity contribution is -0.605. The van der Waals surface area contributed by atoms with Crippen LogP contribution in [0.5, 0.6) is 0 Å². The van der Waals surface area contributed by atoms with E-state index in [4.69, 9.17) is 11.6 Å². The van der Waals surface area contributed by atoms with Crippen molar-refractivity contribution in [2.45, 2.75) is 4.21 Å². The summed E-state index contributed by atoms with van der Waals surface area (Å²) in [5.74, 6) is -0.318. The van der Waals surface area contributed by atoms with Gasteiger partial charge < -0.3 is 10.1 Å². The first-order valence-electron chi connectivity index (χ1n) is 10.3. The maximum absolute atomic E-state index is 13.1. The molecule has 0 N–H and O–H groups in total. The Morgan fingerprint density at radius 2 is 1.68 bits per heavy atom. The van der Waals surface area contributed by atoms with E-state index in [1.807, 2.05) is 0 Å². The van der Waals surface area contributed by atoms with Crippen LogP contribution in [0.3, 0.4) is 0 Å². The molecule has 0 atom stereocenters. The van der Waals surface area contributed by atoms with Crippen molar-refractivity contribution in [3.05, 3.63) is 77.2 Å². The molecule has 1 aromatic carbocycles. The highest BCUT2D eigenvalue weighted by atomic mass is 35.5. The van der Waals surface area contributed by atoms with E-state index in [2.05, 4.69) is 9.97 Å². The van der Waals surface area contributed by atoms with E-state index in [9.17, 15) is 18.4 Å². The molecule has 0 aliphatic carbocycles. The van der Waals surface area contributed by atoms with Gasteiger partial charge in [0, 0.05) is 66.0 Å². The molecule has 1 saturated heterocycles. The zero-order chi connectivity index (χ0) is 23.9. The van der Waals surface area contributed by atoms with Crippen LogP contribution in [0.1, 0.15) is 10.6 Å². The quantitative estimate of drug-likeness (QED) is 0.305. The number of aromatic nitrogens is 3. The summed E-state index contributed by atoms with van der Waals surface area (Å²) >= 11 is 7.20. The van der Waals surface area contributed by atoms with Crippen LogP contribution in [0, 0.1) is 5.21 Å². The number of carbonyl (C=O) groups is 1. The molecule has 0 saturated carbocycles. The Morgan fingerprint density at radius 3 is 2.35 bits per heavy atom. The molecule has 5 rings (SSSR count). The van der Waals surface area contributed by atoms with Crippen LogP contribution in [-0.2, 0) is 10.0 Å². The van der Waals surface area contributed by atoms with Gasteiger partial charge in [0.05, 0.1) is 0 Å². The Hall–Kier alpha value is -3.12. The number of hydrogen-bond acceptors (Lipinski definition) is 7. The molecule has 0 unspecified atom stereocenters. The molecular weight excluding hydrogens is 498 g/mol. The van der Waals surface area contributed by atoms with Crippen molar-refractivity contribution >= 4 is 49.0 Å². The van der Waals surface area contributed by atoms with Crippen molar-refractivity contribution in [2.75, 3.05) is 26.2 Å². The average Bonchev–Trinajstić information content (AvgIpc) is 3.28. The number of piperazine rings is 1. The van der Waals surface area contributed by atoms with Crippen LogP contribution in [0.25, 0.3) is 21.2 Å². The summed E-state index contributed by atoms with van der Waals surface area (Å²) in [7, 11) is -3.67. The molecule has 0 spiro atoms. The largest absolute Gasteiger partial charge is 0.619 e. The molecule has 3 aromatic heterocycles. The molecule has 1 aliphatic heterocycles. The smallest absolute Gasteiger partial charge is 0.291 e. The second-order valence-electron chi connectivity index (χ2n) is 7.69. The molecule has 1 aliphatic rings. The number of hydrogen-bond donors (Lipinski definition) is 0. The molecular formula is C22H18ClN5O4S2. The number of halogens is 1. The number of nitrogens with zero attached hydrogens (tertiary/aromatic N) is 5. The third kappa shape index (κ3) is 4.34. The van der Waals surface area contributed by atoms with Crippen molar-refractivity contribution in [3.8, 4) is 11.1 Å². The van der Waals surface area contributed by atoms with Crippen molar-refractivity contribution in [3.63, 3.8) is 0 Å². The van der Waals surface area contributed by atoms with Gasteiger partial charge in [0.1, 0.15) is 4.21 Å². The van der Waals surface area contributed by atoms with E-state index in [-0.39, 0.29) is 42.1 Å². The van der Waals surface area contributed by atoms with Gasteiger partial charge in [0.25, 0.3) is 15.9 Å². The molecule has 1 fully saturated rings. The zero-order valence-electron chi connectivity index (χ0n) is 17.7. The van der Waals surface area contributed by atoms with Gasteiger partial charge in [-0.2, -0.15) is 9.04 Å². The minimum absolute atomic E-state index is 0.0382. The van der Waals surface area contributed by atoms with Gasteiger partial charge in [0.2, 0.25) is 5.82 Å². The summed E-state index contributed by atoms with van der Waals surface area (Å²) < 4.78 is 29.4. The Morgan fingerprint density at radius 1 is 1.00 bits per heavy atom. The maximum Gasteiger partial charge on any atom is 0.291 e. The average molecular weight is 516 g/mol. The first kappa shape index (κ1) is 22.7. The molecule has 12 heteroatoms. The van der Waals surface area contributed by atoms with Crippen LogP contribution in [-0.4, -0.2) is 59.7 Å². The van der Waals surface area contributed by atoms with Gasteiger partial charge in [-0.3, -0.25) is 4.79 Å². The fraction of sp³-hybridized carbons (Fsp3) is 0.182. The Bertz CT molecular complexity index is 1470. The number of fused-ring (bicyclic) bond motifs is 1. The van der Waals surface area contributed by atoms with Gasteiger partial charge >= 0.3 is 0 Å². The number of carbonyl (C=O) groups excluding carboxylic acids is 1. The summed E-state index contributed by atoms with van der Waals surface area (Å²) in [5, 5.41) is 12.6. The predicted octanol–water partition coefficient (Wildman–Crippen LogP) is 2.79. The lowest BCUT2D eigenvalue weighted by Crippen LogP contribution is -2.50. The number of amides is 1. The van der Waals surface area contributed by atoms with Crippen LogP contribution in [0.4, 0.5) is 0 Å². The summed E-state index contributed by atoms with van der Waals surface area (Å²) in [4.78, 5) is 22.7. The molecule has 4 heterocycles. The highest BCUT2D eigenvalue weighted by Crippen LogP contribution is 2.33. The normalized spacial score (nSPS) is 15.0. The molecule has 174 valence electrons. The second-order valence-corrected chi connectivity index (χ2v) is 11.4. The van der Waals surface area contributed by atoms with Crippen molar-refractivity contribution in [2.24, 2.45) is 0 Å². The Kier molecular flexibility index (Phi) is 5.94. The van der Waals surface area contributed by atoms with Gasteiger partial charge in [-0.15, -0.1) is 11.3 Å². The van der Waals surface area contributed by atoms with E-state index >= 15 is 0 Å². The zero-order valence-corrected chi connectivity index (χ0v) is 20.1. The van der Waals surface area contributed by atoms with Crippen LogP contribution in [0.15, 0.2) is 65.4 Å². The van der Waals surface area contributed by atoms with Gasteiger partial charge in [-0.05, 0) is 29.1 Å². The first-order chi connectivity index (χ1) is 16.3. The maximum atomic E-state index is 13.1. The minimum atomic E-state index is -3.67. The number of pyridine rings is 1. The Labute approximate surface area is 204 Å². The van der Waals surface area contributed by atoms with Crippen LogP contribution < -0.4 is 4.73 Å². The van der Waals surface area contributed by atoms with E-state index in [0.29, 0.717) is 15.3 Å². The highest BCUT2D eigenvalue weighted by molar-refractivity contribution is 7.91. The third-order valence-corrected chi connectivity index (χ3v) is 9.24. The summed E-state index contributed by atoms with van der Waals surface area (Å²) in [5.41, 5.74) is 1.44. The lowest BCUT2D eigenvalue weighted by atomic mass is 10.1. The third-order valence-electron chi connectivity index (χ3n) is 5.56. The van der Waals surface area contributed by atoms with E-state index < -0.39 is 10.0 Å². The summed E-state index contributed by atoms with van der Waals surface area (Å²) in [6, 6.07) is 10.2. The summed E-state index contributed by atoms with van der Waals surface area (Å²) in [6.45, 7) is 0.838. The predicted molar refractivity (Wildman–Crippen MR) is 128 cm³/mol. The highest BCUT2D eigenvalue weighted by Gasteiger charge is 2.32. The van der Waals surface area contributed by atoms with Crippen molar-refractivity contribution < 1.29 is 17.9 Å². The van der Waals surface area contributed by atoms with E-state index in [1.165, 1.54) is 40.4 Å². The molecule has 1 amide bonds. The number of benzene rings is 1. The minimum Gasteiger partial charge on any atom is -0.619 e.